The minimum Gasteiger partial charge on any atom is -0.497 e. The van der Waals surface area contributed by atoms with Crippen molar-refractivity contribution in [3.8, 4) is 17.6 Å². The normalized spacial score (nSPS) is 10.4. The van der Waals surface area contributed by atoms with Crippen molar-refractivity contribution in [3.05, 3.63) is 29.8 Å². The Morgan fingerprint density at radius 1 is 1.33 bits per heavy atom. The number of ketones is 1. The van der Waals surface area contributed by atoms with Gasteiger partial charge in [0.05, 0.1) is 7.11 Å². The second-order valence-corrected chi connectivity index (χ2v) is 4.58. The molecule has 0 aliphatic heterocycles. The molecule has 0 aromatic heterocycles. The summed E-state index contributed by atoms with van der Waals surface area (Å²) in [6.45, 7) is 3.10. The fraction of sp³-hybridized carbons (Fsp3) is 0.400. The quantitative estimate of drug-likeness (QED) is 0.652. The van der Waals surface area contributed by atoms with E-state index in [0.29, 0.717) is 12.8 Å². The van der Waals surface area contributed by atoms with Gasteiger partial charge in [0.25, 0.3) is 0 Å². The Morgan fingerprint density at radius 2 is 1.94 bits per heavy atom. The summed E-state index contributed by atoms with van der Waals surface area (Å²) in [5.41, 5.74) is -0.0512. The van der Waals surface area contributed by atoms with Crippen LogP contribution >= 0.6 is 0 Å². The van der Waals surface area contributed by atoms with Crippen LogP contribution in [0.25, 0.3) is 0 Å². The van der Waals surface area contributed by atoms with Crippen molar-refractivity contribution in [3.63, 3.8) is 0 Å². The topological polar surface area (TPSA) is 46.5 Å². The van der Waals surface area contributed by atoms with Crippen LogP contribution in [0.2, 0.25) is 0 Å². The molecule has 0 radical (unpaired) electrons. The van der Waals surface area contributed by atoms with Gasteiger partial charge in [-0.15, -0.1) is 0 Å². The van der Waals surface area contributed by atoms with Crippen molar-refractivity contribution in [1.82, 2.24) is 0 Å². The van der Waals surface area contributed by atoms with E-state index >= 15 is 0 Å². The first-order valence-corrected chi connectivity index (χ1v) is 5.82. The highest BCUT2D eigenvalue weighted by Gasteiger charge is 2.07. The zero-order chi connectivity index (χ0) is 13.6. The van der Waals surface area contributed by atoms with Crippen LogP contribution in [0.15, 0.2) is 24.3 Å². The molecule has 1 rings (SSSR count). The number of hydrogen-bond acceptors (Lipinski definition) is 3. The first-order valence-electron chi connectivity index (χ1n) is 5.82. The second kappa shape index (κ2) is 6.23. The van der Waals surface area contributed by atoms with Crippen molar-refractivity contribution in [2.24, 2.45) is 0 Å². The van der Waals surface area contributed by atoms with Crippen molar-refractivity contribution >= 4 is 5.78 Å². The number of hydrogen-bond donors (Lipinski definition) is 1. The van der Waals surface area contributed by atoms with Gasteiger partial charge >= 0.3 is 0 Å². The van der Waals surface area contributed by atoms with Crippen molar-refractivity contribution < 1.29 is 14.6 Å². The molecule has 0 bridgehead atoms. The Hall–Kier alpha value is -1.79. The predicted molar refractivity (Wildman–Crippen MR) is 70.4 cm³/mol. The summed E-state index contributed by atoms with van der Waals surface area (Å²) < 4.78 is 5.05. The van der Waals surface area contributed by atoms with E-state index in [1.165, 1.54) is 0 Å². The summed E-state index contributed by atoms with van der Waals surface area (Å²) >= 11 is 0. The highest BCUT2D eigenvalue weighted by molar-refractivity contribution is 5.95. The Balaban J connectivity index is 2.49. The summed E-state index contributed by atoms with van der Waals surface area (Å²) in [4.78, 5) is 11.5. The van der Waals surface area contributed by atoms with E-state index in [-0.39, 0.29) is 5.78 Å². The first-order chi connectivity index (χ1) is 8.40. The van der Waals surface area contributed by atoms with Gasteiger partial charge in [0.2, 0.25) is 5.78 Å². The summed E-state index contributed by atoms with van der Waals surface area (Å²) in [5, 5.41) is 9.37. The second-order valence-electron chi connectivity index (χ2n) is 4.58. The minimum atomic E-state index is -1.12. The standard InChI is InChI=1S/C15H18O3/c1-15(2,17)11-10-13(16)7-4-12-5-8-14(18-3)9-6-12/h5-6,8-9,17H,4,7H2,1-3H3. The highest BCUT2D eigenvalue weighted by atomic mass is 16.5. The predicted octanol–water partition coefficient (Wildman–Crippen LogP) is 1.97. The number of Topliss-reactive ketones (excluding diaryl/α,β-unsaturated/α-hetero) is 1. The maximum absolute atomic E-state index is 11.5. The zero-order valence-corrected chi connectivity index (χ0v) is 11.0. The van der Waals surface area contributed by atoms with Crippen LogP contribution < -0.4 is 4.74 Å². The number of rotatable bonds is 4. The fourth-order valence-electron chi connectivity index (χ4n) is 1.34. The average Bonchev–Trinajstić information content (AvgIpc) is 2.33. The minimum absolute atomic E-state index is 0.159. The molecule has 0 saturated carbocycles. The Kier molecular flexibility index (Phi) is 4.94. The molecule has 0 aliphatic rings. The molecule has 0 atom stereocenters. The molecule has 0 fully saturated rings. The molecule has 1 aromatic carbocycles. The summed E-state index contributed by atoms with van der Waals surface area (Å²) in [5.74, 6) is 5.60. The lowest BCUT2D eigenvalue weighted by Crippen LogP contribution is -2.15. The molecular weight excluding hydrogens is 228 g/mol. The van der Waals surface area contributed by atoms with Gasteiger partial charge < -0.3 is 9.84 Å². The third-order valence-corrected chi connectivity index (χ3v) is 2.31. The Labute approximate surface area is 108 Å². The molecule has 0 saturated heterocycles. The van der Waals surface area contributed by atoms with Gasteiger partial charge in [-0.1, -0.05) is 18.1 Å². The van der Waals surface area contributed by atoms with E-state index in [1.807, 2.05) is 24.3 Å². The fourth-order valence-corrected chi connectivity index (χ4v) is 1.34. The van der Waals surface area contributed by atoms with Crippen molar-refractivity contribution in [2.75, 3.05) is 7.11 Å². The molecule has 0 spiro atoms. The van der Waals surface area contributed by atoms with E-state index < -0.39 is 5.60 Å². The monoisotopic (exact) mass is 246 g/mol. The largest absolute Gasteiger partial charge is 0.497 e. The molecule has 0 amide bonds. The zero-order valence-electron chi connectivity index (χ0n) is 11.0. The lowest BCUT2D eigenvalue weighted by atomic mass is 10.1. The van der Waals surface area contributed by atoms with E-state index in [2.05, 4.69) is 11.8 Å². The van der Waals surface area contributed by atoms with Gasteiger partial charge in [-0.25, -0.2) is 0 Å². The molecule has 1 aromatic rings. The van der Waals surface area contributed by atoms with Gasteiger partial charge in [-0.2, -0.15) is 0 Å². The van der Waals surface area contributed by atoms with Crippen LogP contribution in [0.5, 0.6) is 5.75 Å². The van der Waals surface area contributed by atoms with Crippen molar-refractivity contribution in [1.29, 1.82) is 0 Å². The van der Waals surface area contributed by atoms with Crippen LogP contribution in [-0.2, 0) is 11.2 Å². The number of methoxy groups -OCH3 is 1. The molecular formula is C15H18O3. The lowest BCUT2D eigenvalue weighted by molar-refractivity contribution is -0.113. The molecule has 3 nitrogen and oxygen atoms in total. The molecule has 0 unspecified atom stereocenters. The molecule has 0 heterocycles. The third-order valence-electron chi connectivity index (χ3n) is 2.31. The van der Waals surface area contributed by atoms with Gasteiger partial charge in [0.1, 0.15) is 11.4 Å². The number of carbonyl (C=O) groups excluding carboxylic acids is 1. The lowest BCUT2D eigenvalue weighted by Gasteiger charge is -2.05. The van der Waals surface area contributed by atoms with Gasteiger partial charge in [-0.05, 0) is 43.9 Å². The number of benzene rings is 1. The molecule has 0 aliphatic carbocycles. The van der Waals surface area contributed by atoms with E-state index in [9.17, 15) is 9.90 Å². The van der Waals surface area contributed by atoms with Gasteiger partial charge in [-0.3, -0.25) is 4.79 Å². The van der Waals surface area contributed by atoms with E-state index in [4.69, 9.17) is 4.74 Å². The molecule has 3 heteroatoms. The van der Waals surface area contributed by atoms with E-state index in [1.54, 1.807) is 21.0 Å². The van der Waals surface area contributed by atoms with E-state index in [0.717, 1.165) is 11.3 Å². The highest BCUT2D eigenvalue weighted by Crippen LogP contribution is 2.12. The molecule has 1 N–H and O–H groups in total. The Morgan fingerprint density at radius 3 is 2.44 bits per heavy atom. The van der Waals surface area contributed by atoms with Gasteiger partial charge in [0, 0.05) is 6.42 Å². The molecule has 96 valence electrons. The summed E-state index contributed by atoms with van der Waals surface area (Å²) in [6.07, 6.45) is 0.999. The maximum atomic E-state index is 11.5. The first kappa shape index (κ1) is 14.3. The van der Waals surface area contributed by atoms with Crippen LogP contribution in [0.3, 0.4) is 0 Å². The smallest absolute Gasteiger partial charge is 0.205 e. The summed E-state index contributed by atoms with van der Waals surface area (Å²) in [6, 6.07) is 7.58. The van der Waals surface area contributed by atoms with Crippen LogP contribution in [0, 0.1) is 11.8 Å². The van der Waals surface area contributed by atoms with Crippen LogP contribution in [-0.4, -0.2) is 23.6 Å². The summed E-state index contributed by atoms with van der Waals surface area (Å²) in [7, 11) is 1.62. The number of carbonyl (C=O) groups is 1. The van der Waals surface area contributed by atoms with Crippen molar-refractivity contribution in [2.45, 2.75) is 32.3 Å². The molecule has 18 heavy (non-hydrogen) atoms. The number of aliphatic hydroxyl groups is 1. The third kappa shape index (κ3) is 5.51. The SMILES string of the molecule is COc1ccc(CCC(=O)C#CC(C)(C)O)cc1. The van der Waals surface area contributed by atoms with Gasteiger partial charge in [0.15, 0.2) is 0 Å². The number of ether oxygens (including phenoxy) is 1. The maximum Gasteiger partial charge on any atom is 0.205 e. The average molecular weight is 246 g/mol. The van der Waals surface area contributed by atoms with Crippen LogP contribution in [0.4, 0.5) is 0 Å². The number of aryl methyl sites for hydroxylation is 1. The Bertz CT molecular complexity index is 455. The van der Waals surface area contributed by atoms with Crippen LogP contribution in [0.1, 0.15) is 25.8 Å².